The molecule has 1 heterocycles. The van der Waals surface area contributed by atoms with Crippen LogP contribution in [0.1, 0.15) is 23.2 Å². The molecule has 1 saturated heterocycles. The van der Waals surface area contributed by atoms with E-state index in [9.17, 15) is 14.9 Å². The third-order valence-corrected chi connectivity index (χ3v) is 3.23. The molecule has 0 spiro atoms. The lowest BCUT2D eigenvalue weighted by atomic mass is 10.0. The minimum Gasteiger partial charge on any atom is -0.486 e. The quantitative estimate of drug-likeness (QED) is 0.655. The molecule has 2 rings (SSSR count). The Balaban J connectivity index is 2.16. The van der Waals surface area contributed by atoms with Crippen molar-refractivity contribution in [3.63, 3.8) is 0 Å². The zero-order valence-corrected chi connectivity index (χ0v) is 10.8. The molecule has 0 saturated carbocycles. The molecule has 1 aliphatic heterocycles. The Hall–Kier alpha value is -2.15. The van der Waals surface area contributed by atoms with E-state index >= 15 is 0 Å². The Morgan fingerprint density at radius 3 is 2.75 bits per heavy atom. The zero-order valence-electron chi connectivity index (χ0n) is 10.8. The summed E-state index contributed by atoms with van der Waals surface area (Å²) in [4.78, 5) is 21.3. The number of rotatable bonds is 5. The fourth-order valence-electron chi connectivity index (χ4n) is 2.12. The summed E-state index contributed by atoms with van der Waals surface area (Å²) in [5, 5.41) is 20.0. The molecule has 1 aromatic rings. The number of ether oxygens (including phenoxy) is 2. The maximum absolute atomic E-state index is 11.0. The van der Waals surface area contributed by atoms with Crippen molar-refractivity contribution in [1.29, 1.82) is 0 Å². The molecule has 0 unspecified atom stereocenters. The Morgan fingerprint density at radius 2 is 2.15 bits per heavy atom. The second-order valence-electron chi connectivity index (χ2n) is 4.58. The first-order valence-corrected chi connectivity index (χ1v) is 6.31. The minimum absolute atomic E-state index is 0.00129. The summed E-state index contributed by atoms with van der Waals surface area (Å²) in [6.45, 7) is 1.64. The van der Waals surface area contributed by atoms with Crippen molar-refractivity contribution in [3.05, 3.63) is 33.9 Å². The number of carbonyl (C=O) groups is 1. The van der Waals surface area contributed by atoms with Crippen molar-refractivity contribution in [2.75, 3.05) is 19.8 Å². The summed E-state index contributed by atoms with van der Waals surface area (Å²) >= 11 is 0. The van der Waals surface area contributed by atoms with Crippen molar-refractivity contribution in [2.24, 2.45) is 5.92 Å². The molecule has 20 heavy (non-hydrogen) atoms. The number of benzene rings is 1. The molecule has 0 amide bonds. The fraction of sp³-hybridized carbons (Fsp3) is 0.462. The van der Waals surface area contributed by atoms with Crippen molar-refractivity contribution in [2.45, 2.75) is 12.8 Å². The van der Waals surface area contributed by atoms with Crippen LogP contribution in [0.15, 0.2) is 18.2 Å². The Labute approximate surface area is 115 Å². The van der Waals surface area contributed by atoms with Crippen LogP contribution in [0.2, 0.25) is 0 Å². The molecule has 0 bridgehead atoms. The molecule has 7 nitrogen and oxygen atoms in total. The van der Waals surface area contributed by atoms with E-state index in [-0.39, 0.29) is 17.2 Å². The Morgan fingerprint density at radius 1 is 1.45 bits per heavy atom. The van der Waals surface area contributed by atoms with E-state index in [1.54, 1.807) is 0 Å². The summed E-state index contributed by atoms with van der Waals surface area (Å²) in [5.41, 5.74) is -0.855. The van der Waals surface area contributed by atoms with Crippen molar-refractivity contribution >= 4 is 11.7 Å². The molecule has 1 aliphatic rings. The van der Waals surface area contributed by atoms with E-state index in [1.807, 2.05) is 0 Å². The van der Waals surface area contributed by atoms with Crippen LogP contribution in [0.25, 0.3) is 0 Å². The van der Waals surface area contributed by atoms with Crippen molar-refractivity contribution < 1.29 is 24.3 Å². The van der Waals surface area contributed by atoms with Crippen LogP contribution in [0.5, 0.6) is 5.75 Å². The van der Waals surface area contributed by atoms with Gasteiger partial charge in [-0.05, 0) is 30.9 Å². The number of hydrogen-bond acceptors (Lipinski definition) is 5. The van der Waals surface area contributed by atoms with Crippen molar-refractivity contribution in [3.8, 4) is 5.75 Å². The number of hydrogen-bond donors (Lipinski definition) is 1. The topological polar surface area (TPSA) is 98.9 Å². The summed E-state index contributed by atoms with van der Waals surface area (Å²) in [6.07, 6.45) is 1.68. The Kier molecular flexibility index (Phi) is 4.52. The average Bonchev–Trinajstić information content (AvgIpc) is 2.45. The highest BCUT2D eigenvalue weighted by atomic mass is 16.6. The molecule has 108 valence electrons. The largest absolute Gasteiger partial charge is 0.486 e. The molecular weight excluding hydrogens is 266 g/mol. The van der Waals surface area contributed by atoms with Crippen molar-refractivity contribution in [1.82, 2.24) is 0 Å². The van der Waals surface area contributed by atoms with Crippen LogP contribution in [-0.4, -0.2) is 35.8 Å². The van der Waals surface area contributed by atoms with Gasteiger partial charge in [0.1, 0.15) is 5.56 Å². The van der Waals surface area contributed by atoms with Gasteiger partial charge in [0.05, 0.1) is 11.5 Å². The van der Waals surface area contributed by atoms with Gasteiger partial charge < -0.3 is 14.6 Å². The SMILES string of the molecule is O=C(O)c1cccc(OCC2CCOCC2)c1[N+](=O)[O-]. The first-order valence-electron chi connectivity index (χ1n) is 6.31. The standard InChI is InChI=1S/C13H15NO6/c15-13(16)10-2-1-3-11(12(10)14(17)18)20-8-9-4-6-19-7-5-9/h1-3,9H,4-8H2,(H,15,16). The lowest BCUT2D eigenvalue weighted by Gasteiger charge is -2.22. The lowest BCUT2D eigenvalue weighted by molar-refractivity contribution is -0.386. The van der Waals surface area contributed by atoms with E-state index in [2.05, 4.69) is 0 Å². The molecular formula is C13H15NO6. The number of nitrogens with zero attached hydrogens (tertiary/aromatic N) is 1. The third-order valence-electron chi connectivity index (χ3n) is 3.23. The first-order chi connectivity index (χ1) is 9.59. The summed E-state index contributed by atoms with van der Waals surface area (Å²) in [5.74, 6) is -1.06. The zero-order chi connectivity index (χ0) is 14.5. The minimum atomic E-state index is -1.34. The summed E-state index contributed by atoms with van der Waals surface area (Å²) < 4.78 is 10.7. The monoisotopic (exact) mass is 281 g/mol. The maximum atomic E-state index is 11.0. The van der Waals surface area contributed by atoms with Crippen LogP contribution in [0.4, 0.5) is 5.69 Å². The molecule has 7 heteroatoms. The highest BCUT2D eigenvalue weighted by Crippen LogP contribution is 2.31. The number of aromatic carboxylic acids is 1. The fourth-order valence-corrected chi connectivity index (χ4v) is 2.12. The van der Waals surface area contributed by atoms with Gasteiger partial charge in [0.25, 0.3) is 0 Å². The first kappa shape index (κ1) is 14.3. The van der Waals surface area contributed by atoms with Gasteiger partial charge in [-0.15, -0.1) is 0 Å². The van der Waals surface area contributed by atoms with Gasteiger partial charge >= 0.3 is 11.7 Å². The van der Waals surface area contributed by atoms with Crippen LogP contribution in [-0.2, 0) is 4.74 Å². The van der Waals surface area contributed by atoms with E-state index in [1.165, 1.54) is 18.2 Å². The van der Waals surface area contributed by atoms with Gasteiger partial charge in [-0.2, -0.15) is 0 Å². The van der Waals surface area contributed by atoms with E-state index in [4.69, 9.17) is 14.6 Å². The van der Waals surface area contributed by atoms with Gasteiger partial charge in [-0.1, -0.05) is 6.07 Å². The molecule has 0 aliphatic carbocycles. The van der Waals surface area contributed by atoms with E-state index < -0.39 is 16.6 Å². The van der Waals surface area contributed by atoms with Gasteiger partial charge in [0, 0.05) is 13.2 Å². The van der Waals surface area contributed by atoms with Crippen LogP contribution in [0, 0.1) is 16.0 Å². The molecule has 1 fully saturated rings. The number of carboxylic acid groups (broad SMARTS) is 1. The normalized spacial score (nSPS) is 15.8. The predicted octanol–water partition coefficient (Wildman–Crippen LogP) is 2.10. The molecule has 1 aromatic carbocycles. The molecule has 0 aromatic heterocycles. The van der Waals surface area contributed by atoms with Gasteiger partial charge in [0.2, 0.25) is 0 Å². The number of nitro benzene ring substituents is 1. The van der Waals surface area contributed by atoms with E-state index in [0.29, 0.717) is 19.8 Å². The van der Waals surface area contributed by atoms with E-state index in [0.717, 1.165) is 12.8 Å². The summed E-state index contributed by atoms with van der Waals surface area (Å²) in [7, 11) is 0. The van der Waals surface area contributed by atoms with Gasteiger partial charge in [-0.25, -0.2) is 4.79 Å². The number of carboxylic acids is 1. The number of nitro groups is 1. The maximum Gasteiger partial charge on any atom is 0.342 e. The molecule has 1 N–H and O–H groups in total. The third kappa shape index (κ3) is 3.24. The smallest absolute Gasteiger partial charge is 0.342 e. The summed E-state index contributed by atoms with van der Waals surface area (Å²) in [6, 6.07) is 4.06. The Bertz CT molecular complexity index is 510. The van der Waals surface area contributed by atoms with Gasteiger partial charge in [0.15, 0.2) is 5.75 Å². The highest BCUT2D eigenvalue weighted by Gasteiger charge is 2.26. The highest BCUT2D eigenvalue weighted by molar-refractivity contribution is 5.93. The second kappa shape index (κ2) is 6.33. The second-order valence-corrected chi connectivity index (χ2v) is 4.58. The number of para-hydroxylation sites is 1. The lowest BCUT2D eigenvalue weighted by Crippen LogP contribution is -2.21. The molecule has 0 atom stereocenters. The van der Waals surface area contributed by atoms with Crippen LogP contribution < -0.4 is 4.74 Å². The van der Waals surface area contributed by atoms with Gasteiger partial charge in [-0.3, -0.25) is 10.1 Å². The van der Waals surface area contributed by atoms with Crippen LogP contribution in [0.3, 0.4) is 0 Å². The predicted molar refractivity (Wildman–Crippen MR) is 69.1 cm³/mol. The average molecular weight is 281 g/mol. The van der Waals surface area contributed by atoms with Crippen LogP contribution >= 0.6 is 0 Å². The molecule has 0 radical (unpaired) electrons.